The van der Waals surface area contributed by atoms with Crippen molar-refractivity contribution in [1.82, 2.24) is 15.3 Å². The third kappa shape index (κ3) is 5.57. The lowest BCUT2D eigenvalue weighted by molar-refractivity contribution is 0.704. The average Bonchev–Trinajstić information content (AvgIpc) is 2.65. The molecular formula is C21H29N7. The molecule has 28 heavy (non-hydrogen) atoms. The van der Waals surface area contributed by atoms with Crippen LogP contribution >= 0.6 is 0 Å². The van der Waals surface area contributed by atoms with Crippen LogP contribution in [-0.4, -0.2) is 22.2 Å². The molecule has 2 rings (SSSR count). The second-order valence-corrected chi connectivity index (χ2v) is 7.07. The fourth-order valence-corrected chi connectivity index (χ4v) is 2.47. The van der Waals surface area contributed by atoms with Gasteiger partial charge in [-0.15, -0.1) is 0 Å². The lowest BCUT2D eigenvalue weighted by Gasteiger charge is -2.11. The van der Waals surface area contributed by atoms with Gasteiger partial charge < -0.3 is 27.5 Å². The van der Waals surface area contributed by atoms with Crippen molar-refractivity contribution in [2.45, 2.75) is 33.7 Å². The molecule has 7 heteroatoms. The number of nitrogens with one attached hydrogen (secondary N) is 3. The van der Waals surface area contributed by atoms with Crippen LogP contribution in [0, 0.1) is 11.3 Å². The number of allylic oxidation sites excluding steroid dienone is 3. The zero-order chi connectivity index (χ0) is 20.7. The van der Waals surface area contributed by atoms with Crippen LogP contribution in [0.2, 0.25) is 0 Å². The number of aromatic nitrogens is 2. The Kier molecular flexibility index (Phi) is 7.14. The van der Waals surface area contributed by atoms with Crippen molar-refractivity contribution in [2.75, 3.05) is 5.32 Å². The highest BCUT2D eigenvalue weighted by Gasteiger charge is 2.06. The molecule has 0 fully saturated rings. The summed E-state index contributed by atoms with van der Waals surface area (Å²) in [6.07, 6.45) is 8.22. The Hall–Kier alpha value is -3.35. The van der Waals surface area contributed by atoms with Crippen LogP contribution in [0.3, 0.4) is 0 Å². The summed E-state index contributed by atoms with van der Waals surface area (Å²) in [4.78, 5) is 9.05. The van der Waals surface area contributed by atoms with Crippen molar-refractivity contribution in [3.63, 3.8) is 0 Å². The first-order valence-corrected chi connectivity index (χ1v) is 9.24. The van der Waals surface area contributed by atoms with Gasteiger partial charge in [-0.05, 0) is 55.8 Å². The smallest absolute Gasteiger partial charge is 0.132 e. The Morgan fingerprint density at radius 3 is 2.54 bits per heavy atom. The summed E-state index contributed by atoms with van der Waals surface area (Å²) < 4.78 is 0. The van der Waals surface area contributed by atoms with E-state index in [2.05, 4.69) is 20.6 Å². The van der Waals surface area contributed by atoms with Crippen molar-refractivity contribution < 1.29 is 0 Å². The van der Waals surface area contributed by atoms with Gasteiger partial charge in [0.15, 0.2) is 0 Å². The minimum Gasteiger partial charge on any atom is -0.404 e. The van der Waals surface area contributed by atoms with Crippen molar-refractivity contribution >= 4 is 28.6 Å². The third-order valence-electron chi connectivity index (χ3n) is 4.05. The van der Waals surface area contributed by atoms with E-state index in [1.165, 1.54) is 6.21 Å². The first-order chi connectivity index (χ1) is 13.3. The van der Waals surface area contributed by atoms with Crippen LogP contribution in [0.15, 0.2) is 54.3 Å². The zero-order valence-electron chi connectivity index (χ0n) is 16.8. The van der Waals surface area contributed by atoms with Gasteiger partial charge in [0.2, 0.25) is 0 Å². The standard InChI is InChI=1S/C21H29N7/c1-13(2)15(9-22)8-20(24)28-21-6-5-18-19(27-21)7-16(11-26-18)17(10-23)12-25-14(3)4/h5-14,23,25H,22,24H2,1-4H3,(H,27,28)/b15-9+,17-12+,20-8+,23-10?. The molecule has 2 heterocycles. The van der Waals surface area contributed by atoms with Crippen LogP contribution in [0.5, 0.6) is 0 Å². The van der Waals surface area contributed by atoms with Gasteiger partial charge in [-0.2, -0.15) is 0 Å². The minimum absolute atomic E-state index is 0.271. The number of fused-ring (bicyclic) bond motifs is 1. The van der Waals surface area contributed by atoms with Gasteiger partial charge in [0.05, 0.1) is 11.0 Å². The minimum atomic E-state index is 0.271. The van der Waals surface area contributed by atoms with E-state index in [1.54, 1.807) is 18.5 Å². The maximum absolute atomic E-state index is 7.67. The Morgan fingerprint density at radius 1 is 1.18 bits per heavy atom. The molecule has 0 aliphatic carbocycles. The van der Waals surface area contributed by atoms with E-state index in [1.807, 2.05) is 52.1 Å². The Bertz CT molecular complexity index is 923. The SMILES string of the molecule is CC(C)N/C=C(\C=N)c1cnc2ccc(N/C(N)=C/C(=C\N)C(C)C)nc2c1. The molecular weight excluding hydrogens is 350 g/mol. The monoisotopic (exact) mass is 379 g/mol. The summed E-state index contributed by atoms with van der Waals surface area (Å²) in [6, 6.07) is 5.89. The number of nitrogens with zero attached hydrogens (tertiary/aromatic N) is 2. The number of rotatable bonds is 8. The maximum Gasteiger partial charge on any atom is 0.132 e. The second kappa shape index (κ2) is 9.55. The second-order valence-electron chi connectivity index (χ2n) is 7.07. The predicted molar refractivity (Wildman–Crippen MR) is 118 cm³/mol. The molecule has 7 N–H and O–H groups in total. The fraction of sp³-hybridized carbons (Fsp3) is 0.286. The summed E-state index contributed by atoms with van der Waals surface area (Å²) >= 11 is 0. The number of anilines is 1. The van der Waals surface area contributed by atoms with Gasteiger partial charge in [-0.25, -0.2) is 4.98 Å². The molecule has 0 unspecified atom stereocenters. The maximum atomic E-state index is 7.67. The van der Waals surface area contributed by atoms with E-state index in [9.17, 15) is 0 Å². The summed E-state index contributed by atoms with van der Waals surface area (Å²) in [5.41, 5.74) is 15.7. The Morgan fingerprint density at radius 2 is 1.93 bits per heavy atom. The molecule has 0 saturated carbocycles. The lowest BCUT2D eigenvalue weighted by atomic mass is 10.0. The molecule has 0 amide bonds. The van der Waals surface area contributed by atoms with Gasteiger partial charge in [-0.3, -0.25) is 4.98 Å². The van der Waals surface area contributed by atoms with Crippen molar-refractivity contribution in [2.24, 2.45) is 17.4 Å². The molecule has 0 aliphatic heterocycles. The molecule has 0 spiro atoms. The summed E-state index contributed by atoms with van der Waals surface area (Å²) in [5, 5.41) is 14.0. The fourth-order valence-electron chi connectivity index (χ4n) is 2.47. The largest absolute Gasteiger partial charge is 0.404 e. The van der Waals surface area contributed by atoms with Crippen LogP contribution < -0.4 is 22.1 Å². The van der Waals surface area contributed by atoms with E-state index in [0.717, 1.165) is 22.2 Å². The summed E-state index contributed by atoms with van der Waals surface area (Å²) in [6.45, 7) is 8.18. The number of pyridine rings is 2. The highest BCUT2D eigenvalue weighted by Crippen LogP contribution is 2.19. The Labute approximate surface area is 166 Å². The van der Waals surface area contributed by atoms with Crippen LogP contribution in [-0.2, 0) is 0 Å². The number of hydrogen-bond donors (Lipinski definition) is 5. The van der Waals surface area contributed by atoms with Gasteiger partial charge in [0.1, 0.15) is 11.6 Å². The zero-order valence-corrected chi connectivity index (χ0v) is 16.8. The van der Waals surface area contributed by atoms with E-state index >= 15 is 0 Å². The molecule has 2 aromatic rings. The molecule has 0 atom stereocenters. The van der Waals surface area contributed by atoms with Gasteiger partial charge >= 0.3 is 0 Å². The van der Waals surface area contributed by atoms with Crippen molar-refractivity contribution in [3.05, 3.63) is 59.8 Å². The average molecular weight is 380 g/mol. The van der Waals surface area contributed by atoms with Crippen LogP contribution in [0.25, 0.3) is 16.6 Å². The normalized spacial score (nSPS) is 13.3. The Balaban J connectivity index is 2.32. The highest BCUT2D eigenvalue weighted by molar-refractivity contribution is 6.08. The van der Waals surface area contributed by atoms with E-state index in [-0.39, 0.29) is 12.0 Å². The van der Waals surface area contributed by atoms with Crippen molar-refractivity contribution in [3.8, 4) is 0 Å². The number of hydrogen-bond acceptors (Lipinski definition) is 7. The quantitative estimate of drug-likeness (QED) is 0.354. The van der Waals surface area contributed by atoms with E-state index in [0.29, 0.717) is 17.2 Å². The molecule has 0 aromatic carbocycles. The van der Waals surface area contributed by atoms with Crippen LogP contribution in [0.4, 0.5) is 5.82 Å². The third-order valence-corrected chi connectivity index (χ3v) is 4.05. The first kappa shape index (κ1) is 21.0. The molecule has 0 radical (unpaired) electrons. The van der Waals surface area contributed by atoms with Crippen molar-refractivity contribution in [1.29, 1.82) is 5.41 Å². The highest BCUT2D eigenvalue weighted by atomic mass is 15.1. The first-order valence-electron chi connectivity index (χ1n) is 9.24. The molecule has 7 nitrogen and oxygen atoms in total. The molecule has 148 valence electrons. The van der Waals surface area contributed by atoms with Gasteiger partial charge in [-0.1, -0.05) is 13.8 Å². The summed E-state index contributed by atoms with van der Waals surface area (Å²) in [7, 11) is 0. The lowest BCUT2D eigenvalue weighted by Crippen LogP contribution is -2.16. The molecule has 0 bridgehead atoms. The van der Waals surface area contributed by atoms with Gasteiger partial charge in [0.25, 0.3) is 0 Å². The van der Waals surface area contributed by atoms with E-state index in [4.69, 9.17) is 16.9 Å². The van der Waals surface area contributed by atoms with Gasteiger partial charge in [0, 0.05) is 35.8 Å². The molecule has 0 saturated heterocycles. The van der Waals surface area contributed by atoms with E-state index < -0.39 is 0 Å². The molecule has 0 aliphatic rings. The number of nitrogens with two attached hydrogens (primary N) is 2. The van der Waals surface area contributed by atoms with Crippen LogP contribution in [0.1, 0.15) is 33.3 Å². The molecule has 2 aromatic heterocycles. The summed E-state index contributed by atoms with van der Waals surface area (Å²) in [5.74, 6) is 1.34. The predicted octanol–water partition coefficient (Wildman–Crippen LogP) is 3.33. The topological polar surface area (TPSA) is 126 Å².